The van der Waals surface area contributed by atoms with Crippen LogP contribution in [0.1, 0.15) is 5.69 Å². The Balaban J connectivity index is 2.61. The van der Waals surface area contributed by atoms with Crippen LogP contribution >= 0.6 is 22.6 Å². The Kier molecular flexibility index (Phi) is 2.81. The molecule has 0 fully saturated rings. The topological polar surface area (TPSA) is 58.6 Å². The second-order valence-corrected chi connectivity index (χ2v) is 4.11. The predicted octanol–water partition coefficient (Wildman–Crippen LogP) is 1.74. The van der Waals surface area contributed by atoms with Crippen LogP contribution in [-0.2, 0) is 0 Å². The monoisotopic (exact) mass is 313 g/mol. The quantitative estimate of drug-likeness (QED) is 0.816. The van der Waals surface area contributed by atoms with E-state index in [-0.39, 0.29) is 5.56 Å². The van der Waals surface area contributed by atoms with E-state index in [0.29, 0.717) is 15.1 Å². The Morgan fingerprint density at radius 1 is 1.40 bits per heavy atom. The maximum absolute atomic E-state index is 11.5. The molecule has 0 radical (unpaired) electrons. The van der Waals surface area contributed by atoms with Crippen molar-refractivity contribution in [1.29, 1.82) is 0 Å². The Bertz CT molecular complexity index is 536. The number of hydrogen-bond donors (Lipinski definition) is 1. The van der Waals surface area contributed by atoms with Crippen molar-refractivity contribution in [3.63, 3.8) is 0 Å². The van der Waals surface area contributed by atoms with Crippen LogP contribution in [-0.4, -0.2) is 15.0 Å². The highest BCUT2D eigenvalue weighted by Crippen LogP contribution is 2.11. The summed E-state index contributed by atoms with van der Waals surface area (Å²) in [6, 6.07) is 5.49. The molecule has 0 aliphatic rings. The highest BCUT2D eigenvalue weighted by atomic mass is 127. The van der Waals surface area contributed by atoms with E-state index in [1.54, 1.807) is 6.20 Å². The Hall–Kier alpha value is -1.24. The minimum absolute atomic E-state index is 0.122. The second kappa shape index (κ2) is 4.09. The normalized spacial score (nSPS) is 10.3. The van der Waals surface area contributed by atoms with Gasteiger partial charge in [-0.2, -0.15) is 0 Å². The number of nitrogens with zero attached hydrogens (tertiary/aromatic N) is 2. The van der Waals surface area contributed by atoms with Crippen molar-refractivity contribution in [3.05, 3.63) is 44.0 Å². The minimum Gasteiger partial charge on any atom is -0.304 e. The van der Waals surface area contributed by atoms with Gasteiger partial charge in [-0.15, -0.1) is 0 Å². The van der Waals surface area contributed by atoms with Crippen LogP contribution in [0.4, 0.5) is 0 Å². The van der Waals surface area contributed by atoms with Crippen LogP contribution in [0, 0.1) is 10.5 Å². The van der Waals surface area contributed by atoms with Gasteiger partial charge < -0.3 is 4.98 Å². The predicted molar refractivity (Wildman–Crippen MR) is 65.5 cm³/mol. The largest absolute Gasteiger partial charge is 0.304 e. The zero-order chi connectivity index (χ0) is 10.8. The average Bonchev–Trinajstić information content (AvgIpc) is 2.26. The number of halogens is 1. The standard InChI is InChI=1S/C10H8IN3O/c1-6-8(11)10(15)14-9(13-6)7-4-2-3-5-12-7/h2-5H,1H3,(H,13,14,15). The number of aromatic nitrogens is 3. The van der Waals surface area contributed by atoms with Gasteiger partial charge in [0, 0.05) is 6.20 Å². The molecule has 76 valence electrons. The number of aromatic amines is 1. The van der Waals surface area contributed by atoms with E-state index in [2.05, 4.69) is 15.0 Å². The lowest BCUT2D eigenvalue weighted by Crippen LogP contribution is -2.14. The minimum atomic E-state index is -0.122. The summed E-state index contributed by atoms with van der Waals surface area (Å²) in [7, 11) is 0. The molecule has 0 spiro atoms. The first kappa shape index (κ1) is 10.3. The number of rotatable bonds is 1. The van der Waals surface area contributed by atoms with Gasteiger partial charge in [0.2, 0.25) is 0 Å². The van der Waals surface area contributed by atoms with E-state index in [4.69, 9.17) is 0 Å². The van der Waals surface area contributed by atoms with E-state index < -0.39 is 0 Å². The molecular weight excluding hydrogens is 305 g/mol. The van der Waals surface area contributed by atoms with Crippen molar-refractivity contribution in [2.45, 2.75) is 6.92 Å². The van der Waals surface area contributed by atoms with Gasteiger partial charge in [0.05, 0.1) is 9.26 Å². The average molecular weight is 313 g/mol. The third kappa shape index (κ3) is 2.06. The summed E-state index contributed by atoms with van der Waals surface area (Å²) in [5.74, 6) is 0.513. The zero-order valence-corrected chi connectivity index (χ0v) is 10.1. The fraction of sp³-hybridized carbons (Fsp3) is 0.100. The summed E-state index contributed by atoms with van der Waals surface area (Å²) in [5, 5.41) is 0. The van der Waals surface area contributed by atoms with E-state index in [1.807, 2.05) is 47.7 Å². The smallest absolute Gasteiger partial charge is 0.264 e. The number of nitrogens with one attached hydrogen (secondary N) is 1. The first-order chi connectivity index (χ1) is 7.18. The van der Waals surface area contributed by atoms with Crippen LogP contribution in [0.15, 0.2) is 29.2 Å². The molecule has 1 N–H and O–H groups in total. The molecule has 2 rings (SSSR count). The van der Waals surface area contributed by atoms with Crippen LogP contribution in [0.3, 0.4) is 0 Å². The molecule has 0 aliphatic carbocycles. The van der Waals surface area contributed by atoms with Crippen molar-refractivity contribution in [2.75, 3.05) is 0 Å². The molecule has 0 saturated carbocycles. The molecule has 0 aromatic carbocycles. The molecule has 0 atom stereocenters. The van der Waals surface area contributed by atoms with Gasteiger partial charge in [-0.05, 0) is 41.6 Å². The summed E-state index contributed by atoms with van der Waals surface area (Å²) in [4.78, 5) is 22.6. The molecule has 15 heavy (non-hydrogen) atoms. The molecule has 2 aromatic heterocycles. The Labute approximate surface area is 99.9 Å². The molecule has 0 saturated heterocycles. The van der Waals surface area contributed by atoms with Crippen molar-refractivity contribution < 1.29 is 0 Å². The fourth-order valence-corrected chi connectivity index (χ4v) is 1.45. The lowest BCUT2D eigenvalue weighted by atomic mass is 10.3. The first-order valence-corrected chi connectivity index (χ1v) is 5.44. The molecule has 5 heteroatoms. The lowest BCUT2D eigenvalue weighted by molar-refractivity contribution is 1.04. The number of aryl methyl sites for hydroxylation is 1. The van der Waals surface area contributed by atoms with Gasteiger partial charge >= 0.3 is 0 Å². The van der Waals surface area contributed by atoms with Gasteiger partial charge in [0.1, 0.15) is 5.69 Å². The first-order valence-electron chi connectivity index (χ1n) is 4.36. The number of H-pyrrole nitrogens is 1. The lowest BCUT2D eigenvalue weighted by Gasteiger charge is -2.01. The van der Waals surface area contributed by atoms with Gasteiger partial charge in [-0.25, -0.2) is 4.98 Å². The van der Waals surface area contributed by atoms with E-state index in [9.17, 15) is 4.79 Å². The summed E-state index contributed by atoms with van der Waals surface area (Å²) >= 11 is 1.98. The molecule has 0 amide bonds. The van der Waals surface area contributed by atoms with Crippen molar-refractivity contribution in [2.24, 2.45) is 0 Å². The molecule has 0 aliphatic heterocycles. The molecule has 0 bridgehead atoms. The Morgan fingerprint density at radius 3 is 2.80 bits per heavy atom. The zero-order valence-electron chi connectivity index (χ0n) is 7.99. The highest BCUT2D eigenvalue weighted by molar-refractivity contribution is 14.1. The highest BCUT2D eigenvalue weighted by Gasteiger charge is 2.06. The number of hydrogen-bond acceptors (Lipinski definition) is 3. The maximum Gasteiger partial charge on any atom is 0.264 e. The van der Waals surface area contributed by atoms with E-state index >= 15 is 0 Å². The maximum atomic E-state index is 11.5. The summed E-state index contributed by atoms with van der Waals surface area (Å²) in [5.41, 5.74) is 1.28. The van der Waals surface area contributed by atoms with E-state index in [0.717, 1.165) is 5.69 Å². The molecule has 0 unspecified atom stereocenters. The van der Waals surface area contributed by atoms with Crippen molar-refractivity contribution in [1.82, 2.24) is 15.0 Å². The van der Waals surface area contributed by atoms with Gasteiger partial charge in [-0.1, -0.05) is 6.07 Å². The van der Waals surface area contributed by atoms with Gasteiger partial charge in [0.25, 0.3) is 5.56 Å². The Morgan fingerprint density at radius 2 is 2.20 bits per heavy atom. The molecule has 2 heterocycles. The third-order valence-electron chi connectivity index (χ3n) is 1.94. The van der Waals surface area contributed by atoms with Crippen LogP contribution < -0.4 is 5.56 Å². The van der Waals surface area contributed by atoms with Gasteiger partial charge in [0.15, 0.2) is 5.82 Å². The van der Waals surface area contributed by atoms with Gasteiger partial charge in [-0.3, -0.25) is 9.78 Å². The van der Waals surface area contributed by atoms with Crippen molar-refractivity contribution >= 4 is 22.6 Å². The van der Waals surface area contributed by atoms with Crippen LogP contribution in [0.2, 0.25) is 0 Å². The van der Waals surface area contributed by atoms with E-state index in [1.165, 1.54) is 0 Å². The molecule has 2 aromatic rings. The summed E-state index contributed by atoms with van der Waals surface area (Å²) < 4.78 is 0.618. The fourth-order valence-electron chi connectivity index (χ4n) is 1.20. The summed E-state index contributed by atoms with van der Waals surface area (Å²) in [6.07, 6.45) is 1.67. The number of pyridine rings is 1. The molecule has 4 nitrogen and oxygen atoms in total. The third-order valence-corrected chi connectivity index (χ3v) is 3.21. The SMILES string of the molecule is Cc1nc(-c2ccccn2)[nH]c(=O)c1I. The summed E-state index contributed by atoms with van der Waals surface area (Å²) in [6.45, 7) is 1.81. The van der Waals surface area contributed by atoms with Crippen molar-refractivity contribution in [3.8, 4) is 11.5 Å². The second-order valence-electron chi connectivity index (χ2n) is 3.03. The van der Waals surface area contributed by atoms with Crippen LogP contribution in [0.5, 0.6) is 0 Å². The van der Waals surface area contributed by atoms with Crippen LogP contribution in [0.25, 0.3) is 11.5 Å². The molecular formula is C10H8IN3O.